The van der Waals surface area contributed by atoms with E-state index in [-0.39, 0.29) is 17.2 Å². The highest BCUT2D eigenvalue weighted by Crippen LogP contribution is 2.23. The summed E-state index contributed by atoms with van der Waals surface area (Å²) in [6.07, 6.45) is 0.726. The summed E-state index contributed by atoms with van der Waals surface area (Å²) in [7, 11) is 1.61. The molecule has 0 saturated heterocycles. The first-order valence-electron chi connectivity index (χ1n) is 5.49. The first-order chi connectivity index (χ1) is 8.06. The molecule has 1 rings (SSSR count). The average Bonchev–Trinajstić information content (AvgIpc) is 2.28. The second kappa shape index (κ2) is 6.35. The standard InChI is InChI=1S/C13H17FO3/c1-9-7-13(17-6-4-5-16-3)11(10(2)15)8-12(9)14/h7-8H,4-6H2,1-3H3. The van der Waals surface area contributed by atoms with Crippen LogP contribution in [0.1, 0.15) is 29.3 Å². The number of ketones is 1. The van der Waals surface area contributed by atoms with E-state index in [0.717, 1.165) is 6.42 Å². The summed E-state index contributed by atoms with van der Waals surface area (Å²) in [4.78, 5) is 11.3. The number of benzene rings is 1. The number of ether oxygens (including phenoxy) is 2. The number of aryl methyl sites for hydroxylation is 1. The second-order valence-corrected chi connectivity index (χ2v) is 3.85. The first kappa shape index (κ1) is 13.6. The zero-order valence-electron chi connectivity index (χ0n) is 10.4. The van der Waals surface area contributed by atoms with Crippen molar-refractivity contribution in [3.8, 4) is 5.75 Å². The molecule has 0 N–H and O–H groups in total. The third kappa shape index (κ3) is 3.82. The van der Waals surface area contributed by atoms with E-state index in [1.807, 2.05) is 0 Å². The minimum atomic E-state index is -0.389. The Kier molecular flexibility index (Phi) is 5.10. The Morgan fingerprint density at radius 2 is 2.06 bits per heavy atom. The Balaban J connectivity index is 2.81. The Labute approximate surface area is 101 Å². The fourth-order valence-electron chi connectivity index (χ4n) is 1.43. The van der Waals surface area contributed by atoms with E-state index in [1.54, 1.807) is 20.1 Å². The maximum absolute atomic E-state index is 13.3. The topological polar surface area (TPSA) is 35.5 Å². The number of Topliss-reactive ketones (excluding diaryl/α,β-unsaturated/α-hetero) is 1. The summed E-state index contributed by atoms with van der Waals surface area (Å²) in [5.74, 6) is -0.155. The van der Waals surface area contributed by atoms with Crippen LogP contribution in [-0.4, -0.2) is 26.1 Å². The van der Waals surface area contributed by atoms with Crippen molar-refractivity contribution < 1.29 is 18.7 Å². The Morgan fingerprint density at radius 1 is 1.35 bits per heavy atom. The lowest BCUT2D eigenvalue weighted by atomic mass is 10.1. The summed E-state index contributed by atoms with van der Waals surface area (Å²) in [5.41, 5.74) is 0.752. The van der Waals surface area contributed by atoms with E-state index in [1.165, 1.54) is 13.0 Å². The SMILES string of the molecule is COCCCOc1cc(C)c(F)cc1C(C)=O. The predicted molar refractivity (Wildman–Crippen MR) is 63.1 cm³/mol. The lowest BCUT2D eigenvalue weighted by Gasteiger charge is -2.11. The number of rotatable bonds is 6. The van der Waals surface area contributed by atoms with Gasteiger partial charge in [-0.1, -0.05) is 0 Å². The lowest BCUT2D eigenvalue weighted by molar-refractivity contribution is 0.101. The van der Waals surface area contributed by atoms with Gasteiger partial charge >= 0.3 is 0 Å². The molecule has 0 spiro atoms. The summed E-state index contributed by atoms with van der Waals surface area (Å²) in [6.45, 7) is 4.07. The van der Waals surface area contributed by atoms with Crippen LogP contribution in [0.2, 0.25) is 0 Å². The minimum absolute atomic E-state index is 0.203. The van der Waals surface area contributed by atoms with Crippen molar-refractivity contribution in [1.82, 2.24) is 0 Å². The molecular formula is C13H17FO3. The van der Waals surface area contributed by atoms with Gasteiger partial charge in [0.2, 0.25) is 0 Å². The van der Waals surface area contributed by atoms with Crippen molar-refractivity contribution in [3.63, 3.8) is 0 Å². The molecule has 0 aromatic heterocycles. The van der Waals surface area contributed by atoms with E-state index in [2.05, 4.69) is 0 Å². The van der Waals surface area contributed by atoms with Crippen LogP contribution in [0.4, 0.5) is 4.39 Å². The number of halogens is 1. The summed E-state index contributed by atoms with van der Waals surface area (Å²) >= 11 is 0. The summed E-state index contributed by atoms with van der Waals surface area (Å²) in [5, 5.41) is 0. The van der Waals surface area contributed by atoms with Gasteiger partial charge in [0, 0.05) is 20.1 Å². The van der Waals surface area contributed by atoms with Crippen molar-refractivity contribution in [2.75, 3.05) is 20.3 Å². The average molecular weight is 240 g/mol. The van der Waals surface area contributed by atoms with Crippen LogP contribution in [0.5, 0.6) is 5.75 Å². The molecule has 0 fully saturated rings. The van der Waals surface area contributed by atoms with Gasteiger partial charge in [-0.3, -0.25) is 4.79 Å². The quantitative estimate of drug-likeness (QED) is 0.566. The molecule has 4 heteroatoms. The van der Waals surface area contributed by atoms with Gasteiger partial charge in [0.25, 0.3) is 0 Å². The summed E-state index contributed by atoms with van der Waals surface area (Å²) in [6, 6.07) is 2.78. The van der Waals surface area contributed by atoms with Gasteiger partial charge in [-0.05, 0) is 31.5 Å². The highest BCUT2D eigenvalue weighted by molar-refractivity contribution is 5.96. The maximum Gasteiger partial charge on any atom is 0.163 e. The van der Waals surface area contributed by atoms with Gasteiger partial charge in [0.1, 0.15) is 11.6 Å². The predicted octanol–water partition coefficient (Wildman–Crippen LogP) is 2.75. The first-order valence-corrected chi connectivity index (χ1v) is 5.49. The van der Waals surface area contributed by atoms with Gasteiger partial charge in [-0.2, -0.15) is 0 Å². The van der Waals surface area contributed by atoms with Gasteiger partial charge in [-0.15, -0.1) is 0 Å². The molecular weight excluding hydrogens is 223 g/mol. The monoisotopic (exact) mass is 240 g/mol. The van der Waals surface area contributed by atoms with Crippen LogP contribution in [0.3, 0.4) is 0 Å². The third-order valence-electron chi connectivity index (χ3n) is 2.39. The zero-order chi connectivity index (χ0) is 12.8. The van der Waals surface area contributed by atoms with E-state index < -0.39 is 0 Å². The van der Waals surface area contributed by atoms with Gasteiger partial charge in [0.05, 0.1) is 12.2 Å². The molecule has 1 aromatic rings. The molecule has 1 aromatic carbocycles. The van der Waals surface area contributed by atoms with Crippen LogP contribution < -0.4 is 4.74 Å². The molecule has 0 radical (unpaired) electrons. The molecule has 0 aliphatic heterocycles. The van der Waals surface area contributed by atoms with Crippen molar-refractivity contribution in [2.24, 2.45) is 0 Å². The van der Waals surface area contributed by atoms with Gasteiger partial charge in [0.15, 0.2) is 5.78 Å². The van der Waals surface area contributed by atoms with Crippen molar-refractivity contribution in [2.45, 2.75) is 20.3 Å². The molecule has 0 saturated carbocycles. The van der Waals surface area contributed by atoms with E-state index >= 15 is 0 Å². The fraction of sp³-hybridized carbons (Fsp3) is 0.462. The Hall–Kier alpha value is -1.42. The van der Waals surface area contributed by atoms with Crippen LogP contribution in [0.25, 0.3) is 0 Å². The number of hydrogen-bond donors (Lipinski definition) is 0. The molecule has 0 atom stereocenters. The van der Waals surface area contributed by atoms with Crippen molar-refractivity contribution >= 4 is 5.78 Å². The van der Waals surface area contributed by atoms with Crippen LogP contribution >= 0.6 is 0 Å². The fourth-order valence-corrected chi connectivity index (χ4v) is 1.43. The van der Waals surface area contributed by atoms with Crippen LogP contribution in [-0.2, 0) is 4.74 Å². The van der Waals surface area contributed by atoms with E-state index in [9.17, 15) is 9.18 Å². The molecule has 0 aliphatic carbocycles. The van der Waals surface area contributed by atoms with Crippen molar-refractivity contribution in [1.29, 1.82) is 0 Å². The van der Waals surface area contributed by atoms with Gasteiger partial charge in [-0.25, -0.2) is 4.39 Å². The second-order valence-electron chi connectivity index (χ2n) is 3.85. The Morgan fingerprint density at radius 3 is 2.65 bits per heavy atom. The molecule has 94 valence electrons. The molecule has 17 heavy (non-hydrogen) atoms. The van der Waals surface area contributed by atoms with E-state index in [4.69, 9.17) is 9.47 Å². The number of carbonyl (C=O) groups is 1. The summed E-state index contributed by atoms with van der Waals surface area (Å²) < 4.78 is 23.7. The van der Waals surface area contributed by atoms with Crippen molar-refractivity contribution in [3.05, 3.63) is 29.1 Å². The smallest absolute Gasteiger partial charge is 0.163 e. The molecule has 0 unspecified atom stereocenters. The number of methoxy groups -OCH3 is 1. The zero-order valence-corrected chi connectivity index (χ0v) is 10.4. The van der Waals surface area contributed by atoms with E-state index in [0.29, 0.717) is 24.5 Å². The molecule has 0 bridgehead atoms. The Bertz CT molecular complexity index is 402. The molecule has 0 heterocycles. The number of hydrogen-bond acceptors (Lipinski definition) is 3. The highest BCUT2D eigenvalue weighted by Gasteiger charge is 2.12. The molecule has 3 nitrogen and oxygen atoms in total. The number of carbonyl (C=O) groups excluding carboxylic acids is 1. The minimum Gasteiger partial charge on any atom is -0.493 e. The molecule has 0 aliphatic rings. The lowest BCUT2D eigenvalue weighted by Crippen LogP contribution is -2.06. The third-order valence-corrected chi connectivity index (χ3v) is 2.39. The van der Waals surface area contributed by atoms with Crippen LogP contribution in [0.15, 0.2) is 12.1 Å². The van der Waals surface area contributed by atoms with Gasteiger partial charge < -0.3 is 9.47 Å². The normalized spacial score (nSPS) is 10.4. The van der Waals surface area contributed by atoms with Crippen LogP contribution in [0, 0.1) is 12.7 Å². The molecule has 0 amide bonds. The largest absolute Gasteiger partial charge is 0.493 e. The maximum atomic E-state index is 13.3. The highest BCUT2D eigenvalue weighted by atomic mass is 19.1.